The van der Waals surface area contributed by atoms with Crippen molar-refractivity contribution in [2.24, 2.45) is 0 Å². The van der Waals surface area contributed by atoms with Gasteiger partial charge in [0.2, 0.25) is 17.8 Å². The first-order valence-electron chi connectivity index (χ1n) is 9.97. The maximum atomic E-state index is 5.47. The smallest absolute Gasteiger partial charge is 0.233 e. The fraction of sp³-hybridized carbons (Fsp3) is 0.550. The van der Waals surface area contributed by atoms with Gasteiger partial charge in [-0.25, -0.2) is 0 Å². The molecule has 2 aliphatic heterocycles. The van der Waals surface area contributed by atoms with Crippen LogP contribution in [0.25, 0.3) is 0 Å². The highest BCUT2D eigenvalue weighted by Crippen LogP contribution is 2.23. The average Bonchev–Trinajstić information content (AvgIpc) is 2.75. The summed E-state index contributed by atoms with van der Waals surface area (Å²) in [6, 6.07) is 8.42. The third-order valence-electron chi connectivity index (χ3n) is 5.03. The Morgan fingerprint density at radius 1 is 0.793 bits per heavy atom. The summed E-state index contributed by atoms with van der Waals surface area (Å²) in [5.41, 5.74) is 2.28. The standard InChI is InChI=1S/C20H28N6O2.ClH/c1-15(2)16-3-5-17(6-4-16)21-18-22-19(25-7-11-27-12-8-25)24-20(23-18)26-9-13-28-14-10-26;/h3-6,15H,7-14H2,1-2H3,(H,21,22,23,24);1H. The lowest BCUT2D eigenvalue weighted by molar-refractivity contribution is 0.121. The van der Waals surface area contributed by atoms with Crippen LogP contribution in [0.4, 0.5) is 23.5 Å². The molecule has 2 aliphatic rings. The van der Waals surface area contributed by atoms with Crippen molar-refractivity contribution in [1.29, 1.82) is 0 Å². The Balaban J connectivity index is 0.00000240. The van der Waals surface area contributed by atoms with E-state index in [1.165, 1.54) is 5.56 Å². The molecule has 0 aliphatic carbocycles. The Kier molecular flexibility index (Phi) is 7.46. The minimum atomic E-state index is 0. The molecule has 0 amide bonds. The van der Waals surface area contributed by atoms with Crippen LogP contribution in [0.1, 0.15) is 25.3 Å². The van der Waals surface area contributed by atoms with Crippen molar-refractivity contribution in [3.63, 3.8) is 0 Å². The number of halogens is 1. The van der Waals surface area contributed by atoms with Crippen molar-refractivity contribution in [1.82, 2.24) is 15.0 Å². The maximum Gasteiger partial charge on any atom is 0.233 e. The number of rotatable bonds is 5. The lowest BCUT2D eigenvalue weighted by Gasteiger charge is -2.30. The molecule has 1 aromatic carbocycles. The largest absolute Gasteiger partial charge is 0.378 e. The van der Waals surface area contributed by atoms with Crippen LogP contribution in [-0.4, -0.2) is 67.6 Å². The summed E-state index contributed by atoms with van der Waals surface area (Å²) in [6.45, 7) is 10.3. The number of nitrogens with zero attached hydrogens (tertiary/aromatic N) is 5. The van der Waals surface area contributed by atoms with Gasteiger partial charge in [0, 0.05) is 31.9 Å². The van der Waals surface area contributed by atoms with Gasteiger partial charge in [-0.1, -0.05) is 26.0 Å². The highest BCUT2D eigenvalue weighted by atomic mass is 35.5. The summed E-state index contributed by atoms with van der Waals surface area (Å²) in [6.07, 6.45) is 0. The van der Waals surface area contributed by atoms with Gasteiger partial charge >= 0.3 is 0 Å². The van der Waals surface area contributed by atoms with E-state index in [1.54, 1.807) is 0 Å². The van der Waals surface area contributed by atoms with Crippen molar-refractivity contribution >= 4 is 35.9 Å². The second-order valence-electron chi connectivity index (χ2n) is 7.36. The number of benzene rings is 1. The lowest BCUT2D eigenvalue weighted by Crippen LogP contribution is -2.40. The van der Waals surface area contributed by atoms with Crippen LogP contribution in [-0.2, 0) is 9.47 Å². The summed E-state index contributed by atoms with van der Waals surface area (Å²) >= 11 is 0. The van der Waals surface area contributed by atoms with Gasteiger partial charge in [0.25, 0.3) is 0 Å². The van der Waals surface area contributed by atoms with E-state index in [9.17, 15) is 0 Å². The predicted octanol–water partition coefficient (Wildman–Crippen LogP) is 2.83. The molecule has 0 radical (unpaired) electrons. The van der Waals surface area contributed by atoms with Crippen LogP contribution >= 0.6 is 12.4 Å². The quantitative estimate of drug-likeness (QED) is 0.791. The summed E-state index contributed by atoms with van der Waals surface area (Å²) in [7, 11) is 0. The van der Waals surface area contributed by atoms with Gasteiger partial charge < -0.3 is 24.6 Å². The summed E-state index contributed by atoms with van der Waals surface area (Å²) in [5.74, 6) is 2.46. The van der Waals surface area contributed by atoms with Gasteiger partial charge in [-0.3, -0.25) is 0 Å². The molecule has 0 saturated carbocycles. The number of aromatic nitrogens is 3. The Hall–Kier alpha value is -2.16. The van der Waals surface area contributed by atoms with E-state index >= 15 is 0 Å². The van der Waals surface area contributed by atoms with Crippen LogP contribution < -0.4 is 15.1 Å². The van der Waals surface area contributed by atoms with Crippen molar-refractivity contribution in [2.75, 3.05) is 67.7 Å². The minimum absolute atomic E-state index is 0. The summed E-state index contributed by atoms with van der Waals surface area (Å²) in [4.78, 5) is 18.4. The molecule has 2 fully saturated rings. The Bertz CT molecular complexity index is 741. The summed E-state index contributed by atoms with van der Waals surface area (Å²) in [5, 5.41) is 3.35. The molecule has 1 aromatic heterocycles. The molecule has 0 bridgehead atoms. The van der Waals surface area contributed by atoms with Gasteiger partial charge in [-0.2, -0.15) is 15.0 Å². The predicted molar refractivity (Wildman–Crippen MR) is 117 cm³/mol. The molecule has 8 nitrogen and oxygen atoms in total. The van der Waals surface area contributed by atoms with Crippen molar-refractivity contribution in [3.05, 3.63) is 29.8 Å². The molecule has 158 valence electrons. The van der Waals surface area contributed by atoms with Crippen molar-refractivity contribution in [2.45, 2.75) is 19.8 Å². The van der Waals surface area contributed by atoms with Gasteiger partial charge in [0.15, 0.2) is 0 Å². The number of hydrogen-bond acceptors (Lipinski definition) is 8. The van der Waals surface area contributed by atoms with Gasteiger partial charge in [-0.05, 0) is 23.6 Å². The second-order valence-corrected chi connectivity index (χ2v) is 7.36. The third kappa shape index (κ3) is 5.46. The van der Waals surface area contributed by atoms with E-state index in [0.29, 0.717) is 50.2 Å². The Morgan fingerprint density at radius 3 is 1.72 bits per heavy atom. The molecule has 2 aromatic rings. The molecule has 1 N–H and O–H groups in total. The highest BCUT2D eigenvalue weighted by Gasteiger charge is 2.20. The molecular formula is C20H29ClN6O2. The topological polar surface area (TPSA) is 75.6 Å². The van der Waals surface area contributed by atoms with Gasteiger partial charge in [0.1, 0.15) is 0 Å². The fourth-order valence-corrected chi connectivity index (χ4v) is 3.30. The van der Waals surface area contributed by atoms with E-state index in [4.69, 9.17) is 14.5 Å². The zero-order chi connectivity index (χ0) is 19.3. The summed E-state index contributed by atoms with van der Waals surface area (Å²) < 4.78 is 10.9. The molecule has 29 heavy (non-hydrogen) atoms. The lowest BCUT2D eigenvalue weighted by atomic mass is 10.0. The van der Waals surface area contributed by atoms with E-state index in [1.807, 2.05) is 0 Å². The second kappa shape index (κ2) is 10.0. The van der Waals surface area contributed by atoms with Gasteiger partial charge in [-0.15, -0.1) is 12.4 Å². The number of ether oxygens (including phenoxy) is 2. The van der Waals surface area contributed by atoms with Crippen molar-refractivity contribution in [3.8, 4) is 0 Å². The molecule has 4 rings (SSSR count). The zero-order valence-electron chi connectivity index (χ0n) is 17.0. The SMILES string of the molecule is CC(C)c1ccc(Nc2nc(N3CCOCC3)nc(N3CCOCC3)n2)cc1.Cl. The zero-order valence-corrected chi connectivity index (χ0v) is 17.8. The highest BCUT2D eigenvalue weighted by molar-refractivity contribution is 5.85. The first-order chi connectivity index (χ1) is 13.7. The van der Waals surface area contributed by atoms with E-state index in [0.717, 1.165) is 31.9 Å². The Morgan fingerprint density at radius 2 is 1.28 bits per heavy atom. The molecule has 0 unspecified atom stereocenters. The van der Waals surface area contributed by atoms with Crippen LogP contribution in [0.5, 0.6) is 0 Å². The van der Waals surface area contributed by atoms with Crippen LogP contribution in [0, 0.1) is 0 Å². The minimum Gasteiger partial charge on any atom is -0.378 e. The van der Waals surface area contributed by atoms with Crippen LogP contribution in [0.2, 0.25) is 0 Å². The van der Waals surface area contributed by atoms with E-state index in [-0.39, 0.29) is 12.4 Å². The number of anilines is 4. The third-order valence-corrected chi connectivity index (χ3v) is 5.03. The molecule has 9 heteroatoms. The normalized spacial score (nSPS) is 17.2. The molecule has 0 spiro atoms. The van der Waals surface area contributed by atoms with Crippen molar-refractivity contribution < 1.29 is 9.47 Å². The number of morpholine rings is 2. The van der Waals surface area contributed by atoms with E-state index in [2.05, 4.69) is 63.2 Å². The van der Waals surface area contributed by atoms with Crippen LogP contribution in [0.3, 0.4) is 0 Å². The monoisotopic (exact) mass is 420 g/mol. The fourth-order valence-electron chi connectivity index (χ4n) is 3.30. The van der Waals surface area contributed by atoms with E-state index < -0.39 is 0 Å². The first kappa shape index (κ1) is 21.5. The first-order valence-corrected chi connectivity index (χ1v) is 9.97. The molecule has 3 heterocycles. The average molecular weight is 421 g/mol. The molecular weight excluding hydrogens is 392 g/mol. The Labute approximate surface area is 178 Å². The molecule has 0 atom stereocenters. The van der Waals surface area contributed by atoms with Gasteiger partial charge in [0.05, 0.1) is 26.4 Å². The number of nitrogens with one attached hydrogen (secondary N) is 1. The number of hydrogen-bond donors (Lipinski definition) is 1. The maximum absolute atomic E-state index is 5.47. The molecule has 2 saturated heterocycles. The van der Waals surface area contributed by atoms with Crippen LogP contribution in [0.15, 0.2) is 24.3 Å².